The summed E-state index contributed by atoms with van der Waals surface area (Å²) in [5.41, 5.74) is -0.758. The number of fused-ring (bicyclic) bond motifs is 1. The maximum Gasteiger partial charge on any atom is 0.348 e. The summed E-state index contributed by atoms with van der Waals surface area (Å²) in [6, 6.07) is 3.71. The summed E-state index contributed by atoms with van der Waals surface area (Å²) >= 11 is 0. The number of carboxylic acids is 1. The van der Waals surface area contributed by atoms with E-state index in [9.17, 15) is 14.4 Å². The van der Waals surface area contributed by atoms with Crippen molar-refractivity contribution < 1.29 is 24.2 Å². The van der Waals surface area contributed by atoms with E-state index in [-0.39, 0.29) is 22.3 Å². The van der Waals surface area contributed by atoms with Crippen LogP contribution in [0, 0.1) is 11.3 Å². The molecule has 1 aliphatic rings. The van der Waals surface area contributed by atoms with Crippen LogP contribution in [0.2, 0.25) is 0 Å². The Morgan fingerprint density at radius 2 is 2.00 bits per heavy atom. The molecule has 0 aromatic heterocycles. The molecule has 1 heterocycles. The number of carboxylic acid groups (broad SMARTS) is 1. The fraction of sp³-hybridized carbons (Fsp3) is 0. The second-order valence-electron chi connectivity index (χ2n) is 3.04. The molecule has 0 saturated carbocycles. The van der Waals surface area contributed by atoms with Crippen LogP contribution in [0.3, 0.4) is 0 Å². The number of aromatic carboxylic acids is 1. The van der Waals surface area contributed by atoms with Crippen molar-refractivity contribution in [1.82, 2.24) is 0 Å². The quantitative estimate of drug-likeness (QED) is 0.544. The highest BCUT2D eigenvalue weighted by Gasteiger charge is 2.33. The minimum absolute atomic E-state index is 0.169. The highest BCUT2D eigenvalue weighted by molar-refractivity contribution is 6.16. The molecule has 0 unspecified atom stereocenters. The van der Waals surface area contributed by atoms with E-state index < -0.39 is 17.9 Å². The molecule has 1 aromatic carbocycles. The lowest BCUT2D eigenvalue weighted by molar-refractivity contribution is 0.0443. The van der Waals surface area contributed by atoms with Crippen LogP contribution in [0.4, 0.5) is 0 Å². The van der Waals surface area contributed by atoms with Crippen molar-refractivity contribution in [1.29, 1.82) is 5.26 Å². The molecule has 0 radical (unpaired) electrons. The van der Waals surface area contributed by atoms with Crippen LogP contribution in [0.15, 0.2) is 12.1 Å². The van der Waals surface area contributed by atoms with Crippen molar-refractivity contribution in [2.75, 3.05) is 0 Å². The van der Waals surface area contributed by atoms with Gasteiger partial charge < -0.3 is 9.84 Å². The molecule has 1 aliphatic heterocycles. The number of hydrogen-bond acceptors (Lipinski definition) is 5. The number of ether oxygens (including phenoxy) is 1. The van der Waals surface area contributed by atoms with Crippen molar-refractivity contribution >= 4 is 17.9 Å². The summed E-state index contributed by atoms with van der Waals surface area (Å²) in [5.74, 6) is -3.14. The SMILES string of the molecule is N#Cc1cc(C(=O)O)cc2c1C(=O)OC2=O. The van der Waals surface area contributed by atoms with E-state index in [0.29, 0.717) is 0 Å². The summed E-state index contributed by atoms with van der Waals surface area (Å²) in [7, 11) is 0. The van der Waals surface area contributed by atoms with Gasteiger partial charge in [0.15, 0.2) is 0 Å². The zero-order chi connectivity index (χ0) is 11.9. The van der Waals surface area contributed by atoms with Crippen molar-refractivity contribution in [3.63, 3.8) is 0 Å². The van der Waals surface area contributed by atoms with E-state index in [1.165, 1.54) is 0 Å². The Morgan fingerprint density at radius 3 is 2.56 bits per heavy atom. The van der Waals surface area contributed by atoms with Gasteiger partial charge in [-0.3, -0.25) is 0 Å². The molecule has 0 aliphatic carbocycles. The summed E-state index contributed by atoms with van der Waals surface area (Å²) in [4.78, 5) is 33.1. The fourth-order valence-corrected chi connectivity index (χ4v) is 1.42. The van der Waals surface area contributed by atoms with Gasteiger partial charge >= 0.3 is 17.9 Å². The standard InChI is InChI=1S/C10H3NO5/c11-3-5-1-4(8(12)13)2-6-7(5)10(15)16-9(6)14/h1-2H,(H,12,13). The maximum atomic E-state index is 11.2. The van der Waals surface area contributed by atoms with Crippen LogP contribution in [-0.2, 0) is 4.74 Å². The lowest BCUT2D eigenvalue weighted by Crippen LogP contribution is -2.03. The molecule has 1 N–H and O–H groups in total. The molecule has 6 nitrogen and oxygen atoms in total. The second kappa shape index (κ2) is 3.17. The predicted molar refractivity (Wildman–Crippen MR) is 47.9 cm³/mol. The van der Waals surface area contributed by atoms with Gasteiger partial charge in [0.2, 0.25) is 0 Å². The summed E-state index contributed by atoms with van der Waals surface area (Å²) in [6.45, 7) is 0. The number of esters is 2. The first kappa shape index (κ1) is 9.86. The molecular formula is C10H3NO5. The van der Waals surface area contributed by atoms with Crippen LogP contribution in [0.1, 0.15) is 36.6 Å². The Kier molecular flexibility index (Phi) is 1.95. The van der Waals surface area contributed by atoms with Crippen LogP contribution in [0.5, 0.6) is 0 Å². The topological polar surface area (TPSA) is 104 Å². The normalized spacial score (nSPS) is 12.9. The highest BCUT2D eigenvalue weighted by Crippen LogP contribution is 2.25. The Balaban J connectivity index is 2.78. The van der Waals surface area contributed by atoms with Gasteiger partial charge in [0.25, 0.3) is 0 Å². The Morgan fingerprint density at radius 1 is 1.31 bits per heavy atom. The lowest BCUT2D eigenvalue weighted by atomic mass is 10.00. The van der Waals surface area contributed by atoms with Crippen molar-refractivity contribution in [2.24, 2.45) is 0 Å². The third-order valence-corrected chi connectivity index (χ3v) is 2.12. The maximum absolute atomic E-state index is 11.2. The van der Waals surface area contributed by atoms with E-state index in [0.717, 1.165) is 12.1 Å². The lowest BCUT2D eigenvalue weighted by Gasteiger charge is -1.98. The molecule has 0 bridgehead atoms. The molecule has 0 atom stereocenters. The molecule has 6 heteroatoms. The molecule has 78 valence electrons. The summed E-state index contributed by atoms with van der Waals surface area (Å²) < 4.78 is 4.29. The Labute approximate surface area is 88.7 Å². The summed E-state index contributed by atoms with van der Waals surface area (Å²) in [5, 5.41) is 17.5. The summed E-state index contributed by atoms with van der Waals surface area (Å²) in [6.07, 6.45) is 0. The average Bonchev–Trinajstić information content (AvgIpc) is 2.53. The van der Waals surface area contributed by atoms with E-state index in [2.05, 4.69) is 4.74 Å². The highest BCUT2D eigenvalue weighted by atomic mass is 16.6. The molecule has 1 aromatic rings. The fourth-order valence-electron chi connectivity index (χ4n) is 1.42. The first-order chi connectivity index (χ1) is 7.54. The monoisotopic (exact) mass is 217 g/mol. The molecule has 0 saturated heterocycles. The molecular weight excluding hydrogens is 214 g/mol. The number of nitriles is 1. The van der Waals surface area contributed by atoms with Gasteiger partial charge in [-0.1, -0.05) is 0 Å². The number of carbonyl (C=O) groups excluding carboxylic acids is 2. The Hall–Kier alpha value is -2.68. The van der Waals surface area contributed by atoms with E-state index in [1.54, 1.807) is 6.07 Å². The van der Waals surface area contributed by atoms with Gasteiger partial charge in [-0.15, -0.1) is 0 Å². The number of carbonyl (C=O) groups is 3. The van der Waals surface area contributed by atoms with Crippen molar-refractivity contribution in [3.05, 3.63) is 34.4 Å². The molecule has 16 heavy (non-hydrogen) atoms. The van der Waals surface area contributed by atoms with E-state index >= 15 is 0 Å². The van der Waals surface area contributed by atoms with Gasteiger partial charge in [-0.2, -0.15) is 5.26 Å². The van der Waals surface area contributed by atoms with Gasteiger partial charge in [0.05, 0.1) is 22.3 Å². The minimum Gasteiger partial charge on any atom is -0.478 e. The first-order valence-electron chi connectivity index (χ1n) is 4.12. The van der Waals surface area contributed by atoms with Crippen LogP contribution in [0.25, 0.3) is 0 Å². The van der Waals surface area contributed by atoms with Crippen molar-refractivity contribution in [3.8, 4) is 6.07 Å². The van der Waals surface area contributed by atoms with Crippen LogP contribution in [-0.4, -0.2) is 23.0 Å². The predicted octanol–water partition coefficient (Wildman–Crippen LogP) is 0.567. The Bertz CT molecular complexity index is 582. The number of cyclic esters (lactones) is 2. The first-order valence-corrected chi connectivity index (χ1v) is 4.12. The molecule has 0 fully saturated rings. The average molecular weight is 217 g/mol. The third-order valence-electron chi connectivity index (χ3n) is 2.12. The molecule has 0 amide bonds. The number of benzene rings is 1. The van der Waals surface area contributed by atoms with Crippen LogP contribution < -0.4 is 0 Å². The number of rotatable bonds is 1. The third kappa shape index (κ3) is 1.23. The van der Waals surface area contributed by atoms with E-state index in [4.69, 9.17) is 10.4 Å². The molecule has 2 rings (SSSR count). The van der Waals surface area contributed by atoms with Gasteiger partial charge in [0, 0.05) is 0 Å². The second-order valence-corrected chi connectivity index (χ2v) is 3.04. The number of nitrogens with zero attached hydrogens (tertiary/aromatic N) is 1. The zero-order valence-corrected chi connectivity index (χ0v) is 7.68. The zero-order valence-electron chi connectivity index (χ0n) is 7.68. The minimum atomic E-state index is -1.29. The molecule has 0 spiro atoms. The van der Waals surface area contributed by atoms with Gasteiger partial charge in [-0.25, -0.2) is 14.4 Å². The van der Waals surface area contributed by atoms with Gasteiger partial charge in [-0.05, 0) is 12.1 Å². The smallest absolute Gasteiger partial charge is 0.348 e. The largest absolute Gasteiger partial charge is 0.478 e. The van der Waals surface area contributed by atoms with Crippen LogP contribution >= 0.6 is 0 Å². The van der Waals surface area contributed by atoms with Crippen molar-refractivity contribution in [2.45, 2.75) is 0 Å². The van der Waals surface area contributed by atoms with E-state index in [1.807, 2.05) is 0 Å². The number of hydrogen-bond donors (Lipinski definition) is 1. The van der Waals surface area contributed by atoms with Gasteiger partial charge in [0.1, 0.15) is 6.07 Å².